The van der Waals surface area contributed by atoms with E-state index >= 15 is 0 Å². The van der Waals surface area contributed by atoms with Gasteiger partial charge in [0.1, 0.15) is 5.75 Å². The van der Waals surface area contributed by atoms with Gasteiger partial charge in [-0.15, -0.1) is 0 Å². The first-order valence-corrected chi connectivity index (χ1v) is 4.95. The molecule has 0 heterocycles. The lowest BCUT2D eigenvalue weighted by atomic mass is 10.1. The number of fused-ring (bicyclic) bond motifs is 1. The summed E-state index contributed by atoms with van der Waals surface area (Å²) in [7, 11) is 1.29. The average Bonchev–Trinajstić information content (AvgIpc) is 2.28. The first-order chi connectivity index (χ1) is 7.69. The molecule has 0 bridgehead atoms. The summed E-state index contributed by atoms with van der Waals surface area (Å²) >= 11 is 0. The molecular weight excluding hydrogens is 204 g/mol. The molecule has 0 saturated carbocycles. The van der Waals surface area contributed by atoms with E-state index < -0.39 is 6.16 Å². The van der Waals surface area contributed by atoms with Gasteiger partial charge in [0.2, 0.25) is 0 Å². The number of methoxy groups -OCH3 is 1. The minimum absolute atomic E-state index is 0.491. The van der Waals surface area contributed by atoms with Crippen LogP contribution in [0.2, 0.25) is 0 Å². The van der Waals surface area contributed by atoms with Crippen LogP contribution in [0.3, 0.4) is 0 Å². The SMILES string of the molecule is COC(=O)Oc1ccc2ccc(C)cc2c1. The molecule has 2 rings (SSSR count). The van der Waals surface area contributed by atoms with Crippen LogP contribution < -0.4 is 4.74 Å². The fourth-order valence-electron chi connectivity index (χ4n) is 1.55. The minimum Gasteiger partial charge on any atom is -0.437 e. The zero-order valence-electron chi connectivity index (χ0n) is 9.19. The monoisotopic (exact) mass is 216 g/mol. The van der Waals surface area contributed by atoms with Crippen molar-refractivity contribution in [3.8, 4) is 5.75 Å². The van der Waals surface area contributed by atoms with Gasteiger partial charge in [0.25, 0.3) is 0 Å². The summed E-state index contributed by atoms with van der Waals surface area (Å²) in [4.78, 5) is 10.9. The molecule has 0 spiro atoms. The van der Waals surface area contributed by atoms with Crippen molar-refractivity contribution >= 4 is 16.9 Å². The number of carbonyl (C=O) groups excluding carboxylic acids is 1. The number of benzene rings is 2. The molecule has 2 aromatic carbocycles. The van der Waals surface area contributed by atoms with E-state index in [2.05, 4.69) is 4.74 Å². The van der Waals surface area contributed by atoms with Crippen LogP contribution in [-0.2, 0) is 4.74 Å². The summed E-state index contributed by atoms with van der Waals surface area (Å²) in [6.45, 7) is 2.02. The zero-order chi connectivity index (χ0) is 11.5. The van der Waals surface area contributed by atoms with Crippen molar-refractivity contribution in [2.45, 2.75) is 6.92 Å². The summed E-state index contributed by atoms with van der Waals surface area (Å²) < 4.78 is 9.38. The molecule has 0 N–H and O–H groups in total. The third-order valence-corrected chi connectivity index (χ3v) is 2.34. The maximum absolute atomic E-state index is 10.9. The smallest absolute Gasteiger partial charge is 0.437 e. The Morgan fingerprint density at radius 3 is 2.56 bits per heavy atom. The second-order valence-corrected chi connectivity index (χ2v) is 3.57. The summed E-state index contributed by atoms with van der Waals surface area (Å²) in [5, 5.41) is 2.16. The summed E-state index contributed by atoms with van der Waals surface area (Å²) in [6, 6.07) is 11.6. The van der Waals surface area contributed by atoms with Crippen LogP contribution >= 0.6 is 0 Å². The number of hydrogen-bond donors (Lipinski definition) is 0. The largest absolute Gasteiger partial charge is 0.513 e. The molecule has 2 aromatic rings. The van der Waals surface area contributed by atoms with E-state index in [1.807, 2.05) is 37.3 Å². The molecule has 82 valence electrons. The van der Waals surface area contributed by atoms with Crippen LogP contribution in [-0.4, -0.2) is 13.3 Å². The van der Waals surface area contributed by atoms with Crippen LogP contribution in [0.25, 0.3) is 10.8 Å². The van der Waals surface area contributed by atoms with Crippen molar-refractivity contribution in [2.24, 2.45) is 0 Å². The second-order valence-electron chi connectivity index (χ2n) is 3.57. The Hall–Kier alpha value is -2.03. The van der Waals surface area contributed by atoms with Gasteiger partial charge in [-0.1, -0.05) is 29.8 Å². The Kier molecular flexibility index (Phi) is 2.77. The molecule has 0 amide bonds. The molecule has 0 atom stereocenters. The number of hydrogen-bond acceptors (Lipinski definition) is 3. The van der Waals surface area contributed by atoms with Crippen LogP contribution in [0.1, 0.15) is 5.56 Å². The maximum Gasteiger partial charge on any atom is 0.513 e. The molecule has 3 heteroatoms. The normalized spacial score (nSPS) is 10.1. The first kappa shape index (κ1) is 10.5. The summed E-state index contributed by atoms with van der Waals surface area (Å²) in [6.07, 6.45) is -0.702. The first-order valence-electron chi connectivity index (χ1n) is 4.95. The highest BCUT2D eigenvalue weighted by Gasteiger charge is 2.04. The molecule has 0 unspecified atom stereocenters. The maximum atomic E-state index is 10.9. The lowest BCUT2D eigenvalue weighted by molar-refractivity contribution is 0.121. The van der Waals surface area contributed by atoms with E-state index in [4.69, 9.17) is 4.74 Å². The van der Waals surface area contributed by atoms with Crippen molar-refractivity contribution in [2.75, 3.05) is 7.11 Å². The molecule has 0 aliphatic heterocycles. The molecule has 0 saturated heterocycles. The molecule has 0 fully saturated rings. The van der Waals surface area contributed by atoms with Gasteiger partial charge in [0.05, 0.1) is 7.11 Å². The summed E-state index contributed by atoms with van der Waals surface area (Å²) in [5.41, 5.74) is 1.17. The van der Waals surface area contributed by atoms with Crippen molar-refractivity contribution in [1.82, 2.24) is 0 Å². The van der Waals surface area contributed by atoms with Gasteiger partial charge < -0.3 is 9.47 Å². The summed E-state index contributed by atoms with van der Waals surface area (Å²) in [5.74, 6) is 0.491. The van der Waals surface area contributed by atoms with E-state index in [1.54, 1.807) is 6.07 Å². The van der Waals surface area contributed by atoms with E-state index in [1.165, 1.54) is 12.7 Å². The highest BCUT2D eigenvalue weighted by molar-refractivity contribution is 5.85. The molecule has 0 aliphatic rings. The van der Waals surface area contributed by atoms with Crippen LogP contribution in [0.15, 0.2) is 36.4 Å². The van der Waals surface area contributed by atoms with Crippen LogP contribution in [0.4, 0.5) is 4.79 Å². The lowest BCUT2D eigenvalue weighted by Gasteiger charge is -2.04. The third kappa shape index (κ3) is 2.14. The third-order valence-electron chi connectivity index (χ3n) is 2.34. The second kappa shape index (κ2) is 4.23. The lowest BCUT2D eigenvalue weighted by Crippen LogP contribution is -2.06. The minimum atomic E-state index is -0.702. The Bertz CT molecular complexity index is 532. The fourth-order valence-corrected chi connectivity index (χ4v) is 1.55. The van der Waals surface area contributed by atoms with Gasteiger partial charge in [0, 0.05) is 0 Å². The number of aryl methyl sites for hydroxylation is 1. The van der Waals surface area contributed by atoms with Gasteiger partial charge in [0.15, 0.2) is 0 Å². The van der Waals surface area contributed by atoms with E-state index in [0.29, 0.717) is 5.75 Å². The van der Waals surface area contributed by atoms with E-state index in [-0.39, 0.29) is 0 Å². The van der Waals surface area contributed by atoms with Gasteiger partial charge in [-0.05, 0) is 29.8 Å². The Morgan fingerprint density at radius 1 is 1.06 bits per heavy atom. The van der Waals surface area contributed by atoms with E-state index in [9.17, 15) is 4.79 Å². The Morgan fingerprint density at radius 2 is 1.81 bits per heavy atom. The van der Waals surface area contributed by atoms with Crippen molar-refractivity contribution < 1.29 is 14.3 Å². The average molecular weight is 216 g/mol. The standard InChI is InChI=1S/C13H12O3/c1-9-3-4-10-5-6-12(8-11(10)7-9)16-13(14)15-2/h3-8H,1-2H3. The number of rotatable bonds is 1. The number of ether oxygens (including phenoxy) is 2. The predicted molar refractivity (Wildman–Crippen MR) is 61.7 cm³/mol. The fraction of sp³-hybridized carbons (Fsp3) is 0.154. The van der Waals surface area contributed by atoms with Gasteiger partial charge in [-0.3, -0.25) is 0 Å². The molecule has 0 aromatic heterocycles. The van der Waals surface area contributed by atoms with E-state index in [0.717, 1.165) is 10.8 Å². The predicted octanol–water partition coefficient (Wildman–Crippen LogP) is 3.29. The Labute approximate surface area is 93.6 Å². The van der Waals surface area contributed by atoms with Crippen LogP contribution in [0.5, 0.6) is 5.75 Å². The van der Waals surface area contributed by atoms with Gasteiger partial charge >= 0.3 is 6.16 Å². The number of carbonyl (C=O) groups is 1. The molecule has 0 radical (unpaired) electrons. The molecule has 16 heavy (non-hydrogen) atoms. The van der Waals surface area contributed by atoms with Gasteiger partial charge in [-0.25, -0.2) is 4.79 Å². The highest BCUT2D eigenvalue weighted by atomic mass is 16.7. The highest BCUT2D eigenvalue weighted by Crippen LogP contribution is 2.22. The van der Waals surface area contributed by atoms with Crippen molar-refractivity contribution in [1.29, 1.82) is 0 Å². The topological polar surface area (TPSA) is 35.5 Å². The van der Waals surface area contributed by atoms with Crippen molar-refractivity contribution in [3.05, 3.63) is 42.0 Å². The molecule has 0 aliphatic carbocycles. The Balaban J connectivity index is 2.39. The molecular formula is C13H12O3. The van der Waals surface area contributed by atoms with Crippen LogP contribution in [0, 0.1) is 6.92 Å². The quantitative estimate of drug-likeness (QED) is 0.542. The van der Waals surface area contributed by atoms with Gasteiger partial charge in [-0.2, -0.15) is 0 Å². The van der Waals surface area contributed by atoms with Crippen molar-refractivity contribution in [3.63, 3.8) is 0 Å². The zero-order valence-corrected chi connectivity index (χ0v) is 9.19. The molecule has 3 nitrogen and oxygen atoms in total.